The summed E-state index contributed by atoms with van der Waals surface area (Å²) in [7, 11) is -0.857. The van der Waals surface area contributed by atoms with E-state index in [4.69, 9.17) is 0 Å². The first kappa shape index (κ1) is 9.11. The second-order valence-corrected chi connectivity index (χ2v) is 2.47. The van der Waals surface area contributed by atoms with Gasteiger partial charge in [0.1, 0.15) is 11.5 Å². The van der Waals surface area contributed by atoms with E-state index in [1.807, 2.05) is 0 Å². The quantitative estimate of drug-likeness (QED) is 0.704. The molecule has 0 saturated heterocycles. The summed E-state index contributed by atoms with van der Waals surface area (Å²) in [5, 5.41) is 0. The van der Waals surface area contributed by atoms with Gasteiger partial charge in [-0.3, -0.25) is 0 Å². The van der Waals surface area contributed by atoms with Crippen LogP contribution in [0.4, 0.5) is 0 Å². The van der Waals surface area contributed by atoms with E-state index in [0.717, 1.165) is 0 Å². The minimum absolute atomic E-state index is 0.396. The SMILES string of the molecule is O=POc1cccc(OP=O)c1. The fraction of sp³-hybridized carbons (Fsp3) is 0. The Kier molecular flexibility index (Phi) is 3.65. The van der Waals surface area contributed by atoms with Crippen LogP contribution in [0.2, 0.25) is 0 Å². The largest absolute Gasteiger partial charge is 0.408 e. The van der Waals surface area contributed by atoms with Gasteiger partial charge in [-0.1, -0.05) is 6.07 Å². The van der Waals surface area contributed by atoms with E-state index in [9.17, 15) is 9.13 Å². The summed E-state index contributed by atoms with van der Waals surface area (Å²) in [5.74, 6) is 0.792. The molecular weight excluding hydrogens is 198 g/mol. The van der Waals surface area contributed by atoms with Crippen molar-refractivity contribution in [2.45, 2.75) is 0 Å². The molecular formula is C6H4O4P2. The van der Waals surface area contributed by atoms with Crippen LogP contribution >= 0.6 is 17.4 Å². The molecule has 0 aromatic heterocycles. The van der Waals surface area contributed by atoms with Gasteiger partial charge in [-0.15, -0.1) is 0 Å². The lowest BCUT2D eigenvalue weighted by Crippen LogP contribution is -1.77. The first-order chi connectivity index (χ1) is 5.86. The fourth-order valence-electron chi connectivity index (χ4n) is 0.674. The van der Waals surface area contributed by atoms with Gasteiger partial charge in [-0.05, 0) is 12.1 Å². The van der Waals surface area contributed by atoms with Gasteiger partial charge in [-0.25, -0.2) is 9.13 Å². The van der Waals surface area contributed by atoms with Crippen molar-refractivity contribution in [3.8, 4) is 11.5 Å². The van der Waals surface area contributed by atoms with Crippen LogP contribution in [-0.4, -0.2) is 0 Å². The van der Waals surface area contributed by atoms with E-state index in [1.54, 1.807) is 18.2 Å². The Labute approximate surface area is 72.1 Å². The molecule has 62 valence electrons. The molecule has 0 unspecified atom stereocenters. The summed E-state index contributed by atoms with van der Waals surface area (Å²) in [6.07, 6.45) is 0. The Bertz CT molecular complexity index is 263. The smallest absolute Gasteiger partial charge is 0.395 e. The molecule has 0 N–H and O–H groups in total. The van der Waals surface area contributed by atoms with Crippen molar-refractivity contribution in [2.75, 3.05) is 0 Å². The van der Waals surface area contributed by atoms with Gasteiger partial charge in [0.15, 0.2) is 0 Å². The molecule has 12 heavy (non-hydrogen) atoms. The van der Waals surface area contributed by atoms with Crippen molar-refractivity contribution in [3.63, 3.8) is 0 Å². The first-order valence-corrected chi connectivity index (χ1v) is 4.42. The van der Waals surface area contributed by atoms with Gasteiger partial charge in [0, 0.05) is 6.07 Å². The Morgan fingerprint density at radius 3 is 1.92 bits per heavy atom. The van der Waals surface area contributed by atoms with E-state index in [-0.39, 0.29) is 0 Å². The van der Waals surface area contributed by atoms with Crippen molar-refractivity contribution in [2.24, 2.45) is 0 Å². The molecule has 0 atom stereocenters. The van der Waals surface area contributed by atoms with Crippen LogP contribution in [0.3, 0.4) is 0 Å². The zero-order valence-corrected chi connectivity index (χ0v) is 7.63. The van der Waals surface area contributed by atoms with Crippen LogP contribution in [0.15, 0.2) is 24.3 Å². The molecule has 0 amide bonds. The summed E-state index contributed by atoms with van der Waals surface area (Å²) in [4.78, 5) is 0. The molecule has 1 aromatic rings. The molecule has 0 saturated carbocycles. The number of hydrogen-bond donors (Lipinski definition) is 0. The van der Waals surface area contributed by atoms with Crippen molar-refractivity contribution in [1.29, 1.82) is 0 Å². The van der Waals surface area contributed by atoms with E-state index in [1.165, 1.54) is 6.07 Å². The zero-order chi connectivity index (χ0) is 8.81. The molecule has 1 aromatic carbocycles. The Hall–Kier alpha value is -0.980. The molecule has 0 aliphatic heterocycles. The maximum absolute atomic E-state index is 10.0. The fourth-order valence-corrected chi connectivity index (χ4v) is 1.07. The van der Waals surface area contributed by atoms with Gasteiger partial charge in [0.25, 0.3) is 0 Å². The molecule has 0 aliphatic carbocycles. The minimum atomic E-state index is -0.428. The molecule has 0 spiro atoms. The average Bonchev–Trinajstić information content (AvgIpc) is 2.06. The van der Waals surface area contributed by atoms with Crippen molar-refractivity contribution >= 4 is 17.4 Å². The topological polar surface area (TPSA) is 52.6 Å². The van der Waals surface area contributed by atoms with Crippen LogP contribution in [0.25, 0.3) is 0 Å². The predicted octanol–water partition coefficient (Wildman–Crippen LogP) is 2.86. The summed E-state index contributed by atoms with van der Waals surface area (Å²) < 4.78 is 29.3. The molecule has 0 aliphatic rings. The van der Waals surface area contributed by atoms with E-state index < -0.39 is 17.4 Å². The van der Waals surface area contributed by atoms with Crippen molar-refractivity contribution < 1.29 is 18.2 Å². The average molecular weight is 202 g/mol. The lowest BCUT2D eigenvalue weighted by atomic mass is 10.3. The van der Waals surface area contributed by atoms with E-state index in [2.05, 4.69) is 9.05 Å². The summed E-state index contributed by atoms with van der Waals surface area (Å²) in [6.45, 7) is 0. The molecule has 1 rings (SSSR count). The maximum atomic E-state index is 10.0. The maximum Gasteiger partial charge on any atom is 0.395 e. The van der Waals surface area contributed by atoms with Crippen LogP contribution in [0, 0.1) is 0 Å². The molecule has 4 nitrogen and oxygen atoms in total. The third-order valence-electron chi connectivity index (χ3n) is 1.09. The zero-order valence-electron chi connectivity index (χ0n) is 5.84. The molecule has 0 fully saturated rings. The van der Waals surface area contributed by atoms with Crippen LogP contribution < -0.4 is 9.05 Å². The third kappa shape index (κ3) is 2.57. The highest BCUT2D eigenvalue weighted by Crippen LogP contribution is 2.23. The Morgan fingerprint density at radius 2 is 1.50 bits per heavy atom. The minimum Gasteiger partial charge on any atom is -0.408 e. The highest BCUT2D eigenvalue weighted by atomic mass is 31.1. The monoisotopic (exact) mass is 202 g/mol. The van der Waals surface area contributed by atoms with Gasteiger partial charge in [0.2, 0.25) is 0 Å². The van der Waals surface area contributed by atoms with Crippen molar-refractivity contribution in [3.05, 3.63) is 24.3 Å². The normalized spacial score (nSPS) is 10.0. The highest BCUT2D eigenvalue weighted by Gasteiger charge is 1.96. The van der Waals surface area contributed by atoms with Gasteiger partial charge < -0.3 is 9.05 Å². The van der Waals surface area contributed by atoms with E-state index >= 15 is 0 Å². The first-order valence-electron chi connectivity index (χ1n) is 2.96. The molecule has 0 heterocycles. The van der Waals surface area contributed by atoms with Gasteiger partial charge in [0.05, 0.1) is 0 Å². The summed E-state index contributed by atoms with van der Waals surface area (Å²) >= 11 is 0. The number of hydrogen-bond acceptors (Lipinski definition) is 4. The van der Waals surface area contributed by atoms with E-state index in [0.29, 0.717) is 11.5 Å². The van der Waals surface area contributed by atoms with Crippen LogP contribution in [0.5, 0.6) is 11.5 Å². The Balaban J connectivity index is 2.79. The second kappa shape index (κ2) is 4.81. The highest BCUT2D eigenvalue weighted by molar-refractivity contribution is 7.18. The number of rotatable bonds is 4. The second-order valence-electron chi connectivity index (χ2n) is 1.81. The molecule has 0 bridgehead atoms. The predicted molar refractivity (Wildman–Crippen MR) is 42.9 cm³/mol. The van der Waals surface area contributed by atoms with Crippen LogP contribution in [0.1, 0.15) is 0 Å². The summed E-state index contributed by atoms with van der Waals surface area (Å²) in [5.41, 5.74) is 0. The van der Waals surface area contributed by atoms with Crippen molar-refractivity contribution in [1.82, 2.24) is 0 Å². The molecule has 0 radical (unpaired) electrons. The van der Waals surface area contributed by atoms with Gasteiger partial charge in [-0.2, -0.15) is 0 Å². The lowest BCUT2D eigenvalue weighted by Gasteiger charge is -1.97. The van der Waals surface area contributed by atoms with Gasteiger partial charge >= 0.3 is 17.4 Å². The summed E-state index contributed by atoms with van der Waals surface area (Å²) in [6, 6.07) is 6.34. The lowest BCUT2D eigenvalue weighted by molar-refractivity contribution is 0.515. The molecule has 6 heteroatoms. The number of benzene rings is 1. The third-order valence-corrected chi connectivity index (χ3v) is 1.66. The Morgan fingerprint density at radius 1 is 1.00 bits per heavy atom. The van der Waals surface area contributed by atoms with Crippen LogP contribution in [-0.2, 0) is 9.13 Å². The standard InChI is InChI=1S/C6H4O4P2/c7-11-9-5-2-1-3-6(4-5)10-12-8/h1-4H.